The third-order valence-corrected chi connectivity index (χ3v) is 3.61. The van der Waals surface area contributed by atoms with Crippen molar-refractivity contribution < 1.29 is 14.3 Å². The van der Waals surface area contributed by atoms with Gasteiger partial charge in [0.15, 0.2) is 0 Å². The van der Waals surface area contributed by atoms with Crippen molar-refractivity contribution in [2.24, 2.45) is 11.3 Å². The lowest BCUT2D eigenvalue weighted by Gasteiger charge is -2.37. The topological polar surface area (TPSA) is 82.4 Å². The largest absolute Gasteiger partial charge is 0.469 e. The molecule has 1 N–H and O–H groups in total. The number of hydrogen-bond acceptors (Lipinski definition) is 5. The van der Waals surface area contributed by atoms with Crippen molar-refractivity contribution in [3.63, 3.8) is 0 Å². The van der Waals surface area contributed by atoms with Crippen LogP contribution in [0.5, 0.6) is 0 Å². The molecular formula is C15H25N3O3. The number of likely N-dealkylation sites (tertiary alicyclic amines) is 1. The Balaban J connectivity index is 2.68. The van der Waals surface area contributed by atoms with Gasteiger partial charge in [-0.1, -0.05) is 20.8 Å². The summed E-state index contributed by atoms with van der Waals surface area (Å²) in [5, 5.41) is 11.9. The van der Waals surface area contributed by atoms with Crippen LogP contribution in [0, 0.1) is 22.7 Å². The van der Waals surface area contributed by atoms with Crippen molar-refractivity contribution in [3.05, 3.63) is 0 Å². The maximum absolute atomic E-state index is 12.1. The van der Waals surface area contributed by atoms with E-state index in [0.29, 0.717) is 26.1 Å². The summed E-state index contributed by atoms with van der Waals surface area (Å²) in [5.74, 6) is -0.160. The predicted octanol–water partition coefficient (Wildman–Crippen LogP) is 0.926. The second-order valence-corrected chi connectivity index (χ2v) is 6.65. The Morgan fingerprint density at radius 3 is 2.57 bits per heavy atom. The summed E-state index contributed by atoms with van der Waals surface area (Å²) < 4.78 is 4.71. The van der Waals surface area contributed by atoms with Crippen molar-refractivity contribution in [1.29, 1.82) is 5.26 Å². The number of esters is 1. The molecule has 2 unspecified atom stereocenters. The molecule has 1 rings (SSSR count). The fourth-order valence-corrected chi connectivity index (χ4v) is 2.51. The number of hydrogen-bond donors (Lipinski definition) is 1. The summed E-state index contributed by atoms with van der Waals surface area (Å²) in [7, 11) is 1.37. The Hall–Kier alpha value is -1.61. The molecule has 6 heteroatoms. The number of nitriles is 1. The first-order chi connectivity index (χ1) is 9.76. The number of nitrogens with one attached hydrogen (secondary N) is 1. The highest BCUT2D eigenvalue weighted by molar-refractivity contribution is 5.81. The van der Waals surface area contributed by atoms with Gasteiger partial charge in [-0.05, 0) is 12.3 Å². The minimum atomic E-state index is -0.449. The minimum absolute atomic E-state index is 0.0110. The first-order valence-electron chi connectivity index (χ1n) is 7.23. The monoisotopic (exact) mass is 295 g/mol. The third-order valence-electron chi connectivity index (χ3n) is 3.61. The van der Waals surface area contributed by atoms with E-state index in [2.05, 4.69) is 11.4 Å². The van der Waals surface area contributed by atoms with Crippen LogP contribution in [-0.4, -0.2) is 49.6 Å². The van der Waals surface area contributed by atoms with Crippen LogP contribution < -0.4 is 5.32 Å². The number of piperidine rings is 1. The summed E-state index contributed by atoms with van der Waals surface area (Å²) in [6, 6.07) is 2.09. The van der Waals surface area contributed by atoms with E-state index in [1.54, 1.807) is 0 Å². The van der Waals surface area contributed by atoms with Gasteiger partial charge in [-0.2, -0.15) is 5.26 Å². The SMILES string of the molecule is COC(=O)CC1CC(NC(=O)C(C)(C)C)CN(CC#N)C1. The highest BCUT2D eigenvalue weighted by Crippen LogP contribution is 2.22. The number of nitrogens with zero attached hydrogens (tertiary/aromatic N) is 2. The van der Waals surface area contributed by atoms with E-state index in [9.17, 15) is 9.59 Å². The molecule has 0 aromatic heterocycles. The Morgan fingerprint density at radius 1 is 1.38 bits per heavy atom. The zero-order valence-electron chi connectivity index (χ0n) is 13.3. The molecule has 6 nitrogen and oxygen atoms in total. The van der Waals surface area contributed by atoms with Gasteiger partial charge in [-0.25, -0.2) is 0 Å². The first-order valence-corrected chi connectivity index (χ1v) is 7.23. The number of rotatable bonds is 4. The lowest BCUT2D eigenvalue weighted by Crippen LogP contribution is -2.53. The number of amides is 1. The van der Waals surface area contributed by atoms with Crippen molar-refractivity contribution in [2.45, 2.75) is 39.7 Å². The Labute approximate surface area is 126 Å². The van der Waals surface area contributed by atoms with Gasteiger partial charge >= 0.3 is 5.97 Å². The fraction of sp³-hybridized carbons (Fsp3) is 0.800. The van der Waals surface area contributed by atoms with E-state index < -0.39 is 5.41 Å². The third kappa shape index (κ3) is 5.72. The van der Waals surface area contributed by atoms with Crippen LogP contribution in [0.25, 0.3) is 0 Å². The summed E-state index contributed by atoms with van der Waals surface area (Å²) in [4.78, 5) is 25.5. The van der Waals surface area contributed by atoms with Gasteiger partial charge in [0.2, 0.25) is 5.91 Å². The molecule has 0 radical (unpaired) electrons. The van der Waals surface area contributed by atoms with Gasteiger partial charge in [-0.3, -0.25) is 14.5 Å². The summed E-state index contributed by atoms with van der Waals surface area (Å²) in [6.07, 6.45) is 1.05. The van der Waals surface area contributed by atoms with Crippen LogP contribution in [-0.2, 0) is 14.3 Å². The average molecular weight is 295 g/mol. The molecule has 0 spiro atoms. The molecule has 1 saturated heterocycles. The minimum Gasteiger partial charge on any atom is -0.469 e. The fourth-order valence-electron chi connectivity index (χ4n) is 2.51. The lowest BCUT2D eigenvalue weighted by molar-refractivity contribution is -0.142. The van der Waals surface area contributed by atoms with Crippen molar-refractivity contribution in [3.8, 4) is 6.07 Å². The molecule has 0 aromatic carbocycles. The summed E-state index contributed by atoms with van der Waals surface area (Å²) in [5.41, 5.74) is -0.449. The Kier molecular flexibility index (Phi) is 6.16. The molecule has 1 aliphatic heterocycles. The smallest absolute Gasteiger partial charge is 0.305 e. The molecular weight excluding hydrogens is 270 g/mol. The van der Waals surface area contributed by atoms with Crippen LogP contribution in [0.2, 0.25) is 0 Å². The van der Waals surface area contributed by atoms with E-state index in [4.69, 9.17) is 10.00 Å². The summed E-state index contributed by atoms with van der Waals surface area (Å²) >= 11 is 0. The van der Waals surface area contributed by atoms with Crippen LogP contribution in [0.3, 0.4) is 0 Å². The van der Waals surface area contributed by atoms with E-state index in [-0.39, 0.29) is 23.8 Å². The number of methoxy groups -OCH3 is 1. The zero-order chi connectivity index (χ0) is 16.0. The van der Waals surface area contributed by atoms with Crippen LogP contribution in [0.15, 0.2) is 0 Å². The number of carbonyl (C=O) groups is 2. The second-order valence-electron chi connectivity index (χ2n) is 6.65. The predicted molar refractivity (Wildman–Crippen MR) is 78.2 cm³/mol. The molecule has 1 heterocycles. The van der Waals surface area contributed by atoms with Gasteiger partial charge in [0.05, 0.1) is 19.7 Å². The van der Waals surface area contributed by atoms with E-state index >= 15 is 0 Å². The summed E-state index contributed by atoms with van der Waals surface area (Å²) in [6.45, 7) is 7.23. The standard InChI is InChI=1S/C15H25N3O3/c1-15(2,3)14(20)17-12-7-11(8-13(19)21-4)9-18(10-12)6-5-16/h11-12H,6-10H2,1-4H3,(H,17,20). The Bertz CT molecular complexity index is 423. The second kappa shape index (κ2) is 7.41. The van der Waals surface area contributed by atoms with Gasteiger partial charge < -0.3 is 10.1 Å². The van der Waals surface area contributed by atoms with Gasteiger partial charge in [0.1, 0.15) is 0 Å². The van der Waals surface area contributed by atoms with Crippen LogP contribution >= 0.6 is 0 Å². The highest BCUT2D eigenvalue weighted by Gasteiger charge is 2.32. The van der Waals surface area contributed by atoms with Gasteiger partial charge in [0.25, 0.3) is 0 Å². The molecule has 0 saturated carbocycles. The molecule has 0 aromatic rings. The normalized spacial score (nSPS) is 23.2. The molecule has 1 fully saturated rings. The van der Waals surface area contributed by atoms with Crippen molar-refractivity contribution in [2.75, 3.05) is 26.7 Å². The van der Waals surface area contributed by atoms with Crippen molar-refractivity contribution >= 4 is 11.9 Å². The lowest BCUT2D eigenvalue weighted by atomic mass is 9.89. The maximum atomic E-state index is 12.1. The van der Waals surface area contributed by atoms with Crippen molar-refractivity contribution in [1.82, 2.24) is 10.2 Å². The first kappa shape index (κ1) is 17.4. The quantitative estimate of drug-likeness (QED) is 0.616. The van der Waals surface area contributed by atoms with Gasteiger partial charge in [-0.15, -0.1) is 0 Å². The van der Waals surface area contributed by atoms with E-state index in [1.807, 2.05) is 25.7 Å². The number of ether oxygens (including phenoxy) is 1. The maximum Gasteiger partial charge on any atom is 0.305 e. The zero-order valence-corrected chi connectivity index (χ0v) is 13.3. The highest BCUT2D eigenvalue weighted by atomic mass is 16.5. The average Bonchev–Trinajstić information content (AvgIpc) is 2.37. The molecule has 0 bridgehead atoms. The molecule has 1 aliphatic rings. The molecule has 0 aliphatic carbocycles. The molecule has 21 heavy (non-hydrogen) atoms. The Morgan fingerprint density at radius 2 is 2.05 bits per heavy atom. The molecule has 118 valence electrons. The van der Waals surface area contributed by atoms with E-state index in [1.165, 1.54) is 7.11 Å². The van der Waals surface area contributed by atoms with E-state index in [0.717, 1.165) is 6.42 Å². The molecule has 2 atom stereocenters. The number of carbonyl (C=O) groups excluding carboxylic acids is 2. The van der Waals surface area contributed by atoms with Gasteiger partial charge in [0, 0.05) is 31.0 Å². The van der Waals surface area contributed by atoms with Crippen LogP contribution in [0.1, 0.15) is 33.6 Å². The molecule has 1 amide bonds. The van der Waals surface area contributed by atoms with Crippen LogP contribution in [0.4, 0.5) is 0 Å².